The Hall–Kier alpha value is -1.01. The molecule has 0 saturated carbocycles. The van der Waals surface area contributed by atoms with E-state index in [9.17, 15) is 0 Å². The van der Waals surface area contributed by atoms with E-state index in [1.165, 1.54) is 0 Å². The summed E-state index contributed by atoms with van der Waals surface area (Å²) in [6.07, 6.45) is 1.89. The summed E-state index contributed by atoms with van der Waals surface area (Å²) in [5.74, 6) is 0.472. The van der Waals surface area contributed by atoms with Crippen molar-refractivity contribution in [1.29, 1.82) is 0 Å². The third-order valence-corrected chi connectivity index (χ3v) is 4.33. The summed E-state index contributed by atoms with van der Waals surface area (Å²) >= 11 is 3.27. The molecule has 0 amide bonds. The summed E-state index contributed by atoms with van der Waals surface area (Å²) in [6.45, 7) is 7.21. The van der Waals surface area contributed by atoms with Crippen LogP contribution >= 0.6 is 22.7 Å². The van der Waals surface area contributed by atoms with Gasteiger partial charge in [-0.15, -0.1) is 21.5 Å². The van der Waals surface area contributed by atoms with Crippen LogP contribution in [0.3, 0.4) is 0 Å². The Morgan fingerprint density at radius 1 is 1.31 bits per heavy atom. The zero-order chi connectivity index (χ0) is 11.5. The Morgan fingerprint density at radius 2 is 2.12 bits per heavy atom. The van der Waals surface area contributed by atoms with Crippen molar-refractivity contribution in [1.82, 2.24) is 15.2 Å². The molecular formula is C10H14N4S2. The molecule has 2 aromatic rings. The maximum Gasteiger partial charge on any atom is 0.206 e. The van der Waals surface area contributed by atoms with Gasteiger partial charge in [-0.3, -0.25) is 0 Å². The molecule has 0 aromatic carbocycles. The van der Waals surface area contributed by atoms with Gasteiger partial charge in [-0.1, -0.05) is 25.2 Å². The highest BCUT2D eigenvalue weighted by Gasteiger charge is 2.11. The number of rotatable bonds is 4. The number of nitrogens with one attached hydrogen (secondary N) is 1. The second kappa shape index (κ2) is 4.88. The second-order valence-corrected chi connectivity index (χ2v) is 5.70. The highest BCUT2D eigenvalue weighted by atomic mass is 32.1. The lowest BCUT2D eigenvalue weighted by Crippen LogP contribution is -1.94. The highest BCUT2D eigenvalue weighted by molar-refractivity contribution is 7.23. The first-order chi connectivity index (χ1) is 7.70. The average Bonchev–Trinajstić information content (AvgIpc) is 2.84. The Balaban J connectivity index is 2.21. The molecule has 0 bridgehead atoms. The molecule has 2 heterocycles. The van der Waals surface area contributed by atoms with Crippen LogP contribution in [0.4, 0.5) is 5.13 Å². The average molecular weight is 254 g/mol. The molecule has 0 aliphatic rings. The van der Waals surface area contributed by atoms with Crippen LogP contribution in [0, 0.1) is 0 Å². The lowest BCUT2D eigenvalue weighted by atomic mass is 10.2. The van der Waals surface area contributed by atoms with Crippen molar-refractivity contribution < 1.29 is 0 Å². The van der Waals surface area contributed by atoms with Gasteiger partial charge < -0.3 is 5.32 Å². The third kappa shape index (κ3) is 2.38. The fourth-order valence-corrected chi connectivity index (χ4v) is 2.97. The first-order valence-corrected chi connectivity index (χ1v) is 6.87. The van der Waals surface area contributed by atoms with Crippen molar-refractivity contribution in [3.8, 4) is 9.88 Å². The number of thiazole rings is 1. The van der Waals surface area contributed by atoms with E-state index in [0.717, 1.165) is 26.6 Å². The monoisotopic (exact) mass is 254 g/mol. The predicted molar refractivity (Wildman–Crippen MR) is 69.3 cm³/mol. The van der Waals surface area contributed by atoms with Gasteiger partial charge in [-0.25, -0.2) is 4.98 Å². The summed E-state index contributed by atoms with van der Waals surface area (Å²) in [6, 6.07) is 0. The molecule has 0 aliphatic heterocycles. The molecule has 2 rings (SSSR count). The lowest BCUT2D eigenvalue weighted by Gasteiger charge is -1.94. The SMILES string of the molecule is CCNc1nnc(-c2cnc(C(C)C)s2)s1. The fourth-order valence-electron chi connectivity index (χ4n) is 1.20. The van der Waals surface area contributed by atoms with Crippen LogP contribution in [0.2, 0.25) is 0 Å². The maximum atomic E-state index is 4.38. The second-order valence-electron chi connectivity index (χ2n) is 3.66. The molecular weight excluding hydrogens is 240 g/mol. The largest absolute Gasteiger partial charge is 0.360 e. The summed E-state index contributed by atoms with van der Waals surface area (Å²) in [4.78, 5) is 5.49. The van der Waals surface area contributed by atoms with E-state index < -0.39 is 0 Å². The summed E-state index contributed by atoms with van der Waals surface area (Å²) in [5, 5.41) is 14.3. The first-order valence-electron chi connectivity index (χ1n) is 5.24. The van der Waals surface area contributed by atoms with Crippen LogP contribution in [0.5, 0.6) is 0 Å². The van der Waals surface area contributed by atoms with Crippen molar-refractivity contribution in [2.24, 2.45) is 0 Å². The van der Waals surface area contributed by atoms with Crippen molar-refractivity contribution in [2.75, 3.05) is 11.9 Å². The lowest BCUT2D eigenvalue weighted by molar-refractivity contribution is 0.852. The first kappa shape index (κ1) is 11.5. The van der Waals surface area contributed by atoms with Crippen LogP contribution in [0.25, 0.3) is 9.88 Å². The van der Waals surface area contributed by atoms with Gasteiger partial charge in [0.25, 0.3) is 0 Å². The maximum absolute atomic E-state index is 4.38. The van der Waals surface area contributed by atoms with Gasteiger partial charge in [0.05, 0.1) is 9.88 Å². The minimum absolute atomic E-state index is 0.472. The van der Waals surface area contributed by atoms with E-state index in [1.807, 2.05) is 13.1 Å². The molecule has 0 saturated heterocycles. The number of hydrogen-bond acceptors (Lipinski definition) is 6. The molecule has 1 N–H and O–H groups in total. The summed E-state index contributed by atoms with van der Waals surface area (Å²) in [5.41, 5.74) is 0. The predicted octanol–water partition coefficient (Wildman–Crippen LogP) is 3.22. The fraction of sp³-hybridized carbons (Fsp3) is 0.500. The topological polar surface area (TPSA) is 50.7 Å². The van der Waals surface area contributed by atoms with Gasteiger partial charge in [0.1, 0.15) is 0 Å². The minimum Gasteiger partial charge on any atom is -0.360 e. The summed E-state index contributed by atoms with van der Waals surface area (Å²) in [7, 11) is 0. The zero-order valence-corrected chi connectivity index (χ0v) is 11.2. The standard InChI is InChI=1S/C10H14N4S2/c1-4-11-10-14-13-9(16-10)7-5-12-8(15-7)6(2)3/h5-6H,4H2,1-3H3,(H,11,14). The van der Waals surface area contributed by atoms with Crippen LogP contribution in [-0.4, -0.2) is 21.7 Å². The van der Waals surface area contributed by atoms with Gasteiger partial charge in [0.15, 0.2) is 5.01 Å². The normalized spacial score (nSPS) is 11.0. The van der Waals surface area contributed by atoms with Crippen LogP contribution in [-0.2, 0) is 0 Å². The molecule has 2 aromatic heterocycles. The molecule has 0 unspecified atom stereocenters. The van der Waals surface area contributed by atoms with E-state index in [2.05, 4.69) is 34.3 Å². The van der Waals surface area contributed by atoms with E-state index >= 15 is 0 Å². The molecule has 16 heavy (non-hydrogen) atoms. The Morgan fingerprint density at radius 3 is 2.75 bits per heavy atom. The molecule has 0 fully saturated rings. The number of hydrogen-bond donors (Lipinski definition) is 1. The molecule has 0 atom stereocenters. The van der Waals surface area contributed by atoms with Gasteiger partial charge in [0.2, 0.25) is 5.13 Å². The van der Waals surface area contributed by atoms with E-state index in [0.29, 0.717) is 5.92 Å². The van der Waals surface area contributed by atoms with E-state index in [-0.39, 0.29) is 0 Å². The highest BCUT2D eigenvalue weighted by Crippen LogP contribution is 2.32. The quantitative estimate of drug-likeness (QED) is 0.910. The van der Waals surface area contributed by atoms with Crippen LogP contribution in [0.15, 0.2) is 6.20 Å². The van der Waals surface area contributed by atoms with Crippen LogP contribution in [0.1, 0.15) is 31.7 Å². The molecule has 86 valence electrons. The third-order valence-electron chi connectivity index (χ3n) is 1.98. The molecule has 4 nitrogen and oxygen atoms in total. The smallest absolute Gasteiger partial charge is 0.206 e. The number of aromatic nitrogens is 3. The van der Waals surface area contributed by atoms with Gasteiger partial charge in [0, 0.05) is 18.7 Å². The van der Waals surface area contributed by atoms with Gasteiger partial charge in [-0.2, -0.15) is 0 Å². The van der Waals surface area contributed by atoms with Crippen molar-refractivity contribution >= 4 is 27.8 Å². The number of anilines is 1. The van der Waals surface area contributed by atoms with Crippen LogP contribution < -0.4 is 5.32 Å². The molecule has 0 spiro atoms. The van der Waals surface area contributed by atoms with Crippen molar-refractivity contribution in [3.63, 3.8) is 0 Å². The van der Waals surface area contributed by atoms with Crippen molar-refractivity contribution in [2.45, 2.75) is 26.7 Å². The summed E-state index contributed by atoms with van der Waals surface area (Å²) < 4.78 is 0. The molecule has 0 aliphatic carbocycles. The molecule has 0 radical (unpaired) electrons. The Labute approximate surface area is 103 Å². The minimum atomic E-state index is 0.472. The Kier molecular flexibility index (Phi) is 3.50. The Bertz CT molecular complexity index is 461. The number of nitrogens with zero attached hydrogens (tertiary/aromatic N) is 3. The van der Waals surface area contributed by atoms with Gasteiger partial charge >= 0.3 is 0 Å². The molecule has 6 heteroatoms. The van der Waals surface area contributed by atoms with Gasteiger partial charge in [-0.05, 0) is 6.92 Å². The van der Waals surface area contributed by atoms with E-state index in [1.54, 1.807) is 22.7 Å². The van der Waals surface area contributed by atoms with E-state index in [4.69, 9.17) is 0 Å². The van der Waals surface area contributed by atoms with Crippen molar-refractivity contribution in [3.05, 3.63) is 11.2 Å². The zero-order valence-electron chi connectivity index (χ0n) is 9.52.